The summed E-state index contributed by atoms with van der Waals surface area (Å²) in [6, 6.07) is 3.37. The zero-order valence-corrected chi connectivity index (χ0v) is 9.61. The van der Waals surface area contributed by atoms with Crippen LogP contribution in [-0.4, -0.2) is 31.1 Å². The number of aromatic carboxylic acids is 1. The molecule has 0 aliphatic heterocycles. The number of rotatable bonds is 3. The van der Waals surface area contributed by atoms with Gasteiger partial charge in [-0.15, -0.1) is 0 Å². The van der Waals surface area contributed by atoms with Crippen LogP contribution in [0.1, 0.15) is 29.2 Å². The largest absolute Gasteiger partial charge is 0.476 e. The zero-order chi connectivity index (χ0) is 13.1. The molecule has 18 heavy (non-hydrogen) atoms. The Morgan fingerprint density at radius 3 is 2.61 bits per heavy atom. The molecule has 0 aromatic carbocycles. The van der Waals surface area contributed by atoms with Crippen molar-refractivity contribution in [1.82, 2.24) is 15.0 Å². The van der Waals surface area contributed by atoms with Gasteiger partial charge in [0.15, 0.2) is 5.69 Å². The van der Waals surface area contributed by atoms with Gasteiger partial charge in [-0.2, -0.15) is 0 Å². The Hall–Kier alpha value is -2.34. The summed E-state index contributed by atoms with van der Waals surface area (Å²) < 4.78 is 0. The summed E-state index contributed by atoms with van der Waals surface area (Å²) in [4.78, 5) is 22.6. The number of pyridine rings is 1. The first-order valence-corrected chi connectivity index (χ1v) is 5.27. The summed E-state index contributed by atoms with van der Waals surface area (Å²) in [5.74, 6) is -1.13. The highest BCUT2D eigenvalue weighted by atomic mass is 16.4. The van der Waals surface area contributed by atoms with Gasteiger partial charge in [-0.05, 0) is 19.1 Å². The Labute approximate surface area is 103 Å². The van der Waals surface area contributed by atoms with Crippen LogP contribution >= 0.6 is 0 Å². The first kappa shape index (κ1) is 12.1. The maximum Gasteiger partial charge on any atom is 0.356 e. The van der Waals surface area contributed by atoms with E-state index in [-0.39, 0.29) is 5.69 Å². The number of aromatic nitrogens is 3. The maximum absolute atomic E-state index is 10.8. The topological polar surface area (TPSA) is 96.2 Å². The van der Waals surface area contributed by atoms with Gasteiger partial charge in [0.05, 0.1) is 29.9 Å². The Morgan fingerprint density at radius 2 is 2.06 bits per heavy atom. The van der Waals surface area contributed by atoms with Crippen molar-refractivity contribution in [2.45, 2.75) is 13.0 Å². The highest BCUT2D eigenvalue weighted by molar-refractivity contribution is 5.85. The number of carbonyl (C=O) groups is 1. The fourth-order valence-corrected chi connectivity index (χ4v) is 1.41. The third-order valence-electron chi connectivity index (χ3n) is 2.36. The van der Waals surface area contributed by atoms with E-state index in [0.717, 1.165) is 0 Å². The highest BCUT2D eigenvalue weighted by Gasteiger charge is 2.08. The van der Waals surface area contributed by atoms with Crippen LogP contribution in [0.2, 0.25) is 0 Å². The first-order chi connectivity index (χ1) is 8.58. The lowest BCUT2D eigenvalue weighted by Crippen LogP contribution is -2.02. The van der Waals surface area contributed by atoms with Gasteiger partial charge in [0.1, 0.15) is 0 Å². The second-order valence-electron chi connectivity index (χ2n) is 3.74. The predicted octanol–water partition coefficient (Wildman–Crippen LogP) is 1.29. The standard InChI is InChI=1S/C12H11N3O3/c1-7(16)9-3-2-8(4-14-9)10-5-13-6-11(15-10)12(17)18/h2-7,16H,1H3,(H,17,18). The van der Waals surface area contributed by atoms with Gasteiger partial charge in [-0.25, -0.2) is 9.78 Å². The van der Waals surface area contributed by atoms with Crippen LogP contribution in [0.25, 0.3) is 11.3 Å². The Bertz CT molecular complexity index is 567. The number of aliphatic hydroxyl groups excluding tert-OH is 1. The molecule has 1 atom stereocenters. The van der Waals surface area contributed by atoms with E-state index in [2.05, 4.69) is 15.0 Å². The van der Waals surface area contributed by atoms with Crippen LogP contribution in [0.3, 0.4) is 0 Å². The number of carboxylic acids is 1. The summed E-state index contributed by atoms with van der Waals surface area (Å²) in [6.07, 6.45) is 3.53. The van der Waals surface area contributed by atoms with E-state index in [1.807, 2.05) is 0 Å². The average Bonchev–Trinajstić information content (AvgIpc) is 2.39. The summed E-state index contributed by atoms with van der Waals surface area (Å²) >= 11 is 0. The zero-order valence-electron chi connectivity index (χ0n) is 9.61. The molecule has 2 heterocycles. The van der Waals surface area contributed by atoms with Crippen molar-refractivity contribution in [2.75, 3.05) is 0 Å². The van der Waals surface area contributed by atoms with Crippen LogP contribution in [0.5, 0.6) is 0 Å². The van der Waals surface area contributed by atoms with E-state index in [0.29, 0.717) is 17.0 Å². The summed E-state index contributed by atoms with van der Waals surface area (Å²) in [7, 11) is 0. The maximum atomic E-state index is 10.8. The van der Waals surface area contributed by atoms with Gasteiger partial charge >= 0.3 is 5.97 Å². The lowest BCUT2D eigenvalue weighted by Gasteiger charge is -2.05. The number of carboxylic acid groups (broad SMARTS) is 1. The van der Waals surface area contributed by atoms with Crippen molar-refractivity contribution in [1.29, 1.82) is 0 Å². The molecule has 0 spiro atoms. The SMILES string of the molecule is CC(O)c1ccc(-c2cncc(C(=O)O)n2)cn1. The molecule has 2 aromatic rings. The smallest absolute Gasteiger partial charge is 0.356 e. The molecule has 0 bridgehead atoms. The van der Waals surface area contributed by atoms with Gasteiger partial charge in [-0.3, -0.25) is 9.97 Å². The molecule has 0 amide bonds. The minimum atomic E-state index is -1.13. The highest BCUT2D eigenvalue weighted by Crippen LogP contribution is 2.17. The van der Waals surface area contributed by atoms with Crippen LogP contribution in [0.4, 0.5) is 0 Å². The molecule has 2 rings (SSSR count). The van der Waals surface area contributed by atoms with E-state index >= 15 is 0 Å². The lowest BCUT2D eigenvalue weighted by atomic mass is 10.1. The summed E-state index contributed by atoms with van der Waals surface area (Å²) in [5.41, 5.74) is 1.50. The van der Waals surface area contributed by atoms with Crippen molar-refractivity contribution in [3.05, 3.63) is 42.1 Å². The quantitative estimate of drug-likeness (QED) is 0.845. The van der Waals surface area contributed by atoms with Crippen molar-refractivity contribution in [2.24, 2.45) is 0 Å². The average molecular weight is 245 g/mol. The van der Waals surface area contributed by atoms with E-state index in [9.17, 15) is 9.90 Å². The van der Waals surface area contributed by atoms with Gasteiger partial charge in [0.2, 0.25) is 0 Å². The summed E-state index contributed by atoms with van der Waals surface area (Å²) in [5, 5.41) is 18.2. The number of nitrogens with zero attached hydrogens (tertiary/aromatic N) is 3. The minimum absolute atomic E-state index is 0.118. The molecule has 6 nitrogen and oxygen atoms in total. The van der Waals surface area contributed by atoms with Crippen LogP contribution in [0.15, 0.2) is 30.7 Å². The Morgan fingerprint density at radius 1 is 1.28 bits per heavy atom. The fraction of sp³-hybridized carbons (Fsp3) is 0.167. The van der Waals surface area contributed by atoms with Crippen LogP contribution in [0, 0.1) is 0 Å². The van der Waals surface area contributed by atoms with Gasteiger partial charge in [0, 0.05) is 11.8 Å². The molecule has 0 saturated heterocycles. The van der Waals surface area contributed by atoms with Crippen LogP contribution in [-0.2, 0) is 0 Å². The van der Waals surface area contributed by atoms with E-state index in [1.165, 1.54) is 18.6 Å². The molecule has 0 radical (unpaired) electrons. The van der Waals surface area contributed by atoms with Crippen molar-refractivity contribution in [3.8, 4) is 11.3 Å². The van der Waals surface area contributed by atoms with Crippen molar-refractivity contribution < 1.29 is 15.0 Å². The molecule has 92 valence electrons. The molecule has 0 aliphatic carbocycles. The van der Waals surface area contributed by atoms with Gasteiger partial charge < -0.3 is 10.2 Å². The predicted molar refractivity (Wildman–Crippen MR) is 62.9 cm³/mol. The molecule has 0 saturated carbocycles. The molecular weight excluding hydrogens is 234 g/mol. The molecule has 0 aliphatic rings. The van der Waals surface area contributed by atoms with Gasteiger partial charge in [0.25, 0.3) is 0 Å². The monoisotopic (exact) mass is 245 g/mol. The third-order valence-corrected chi connectivity index (χ3v) is 2.36. The fourth-order valence-electron chi connectivity index (χ4n) is 1.41. The Kier molecular flexibility index (Phi) is 3.29. The Balaban J connectivity index is 2.36. The lowest BCUT2D eigenvalue weighted by molar-refractivity contribution is 0.0690. The minimum Gasteiger partial charge on any atom is -0.476 e. The molecule has 0 fully saturated rings. The number of hydrogen-bond donors (Lipinski definition) is 2. The molecule has 1 unspecified atom stereocenters. The van der Waals surface area contributed by atoms with Crippen molar-refractivity contribution in [3.63, 3.8) is 0 Å². The second kappa shape index (κ2) is 4.89. The van der Waals surface area contributed by atoms with E-state index in [4.69, 9.17) is 5.11 Å². The molecular formula is C12H11N3O3. The molecule has 2 N–H and O–H groups in total. The third kappa shape index (κ3) is 2.49. The van der Waals surface area contributed by atoms with E-state index < -0.39 is 12.1 Å². The number of aliphatic hydroxyl groups is 1. The number of hydrogen-bond acceptors (Lipinski definition) is 5. The first-order valence-electron chi connectivity index (χ1n) is 5.27. The molecule has 6 heteroatoms. The van der Waals surface area contributed by atoms with Crippen molar-refractivity contribution >= 4 is 5.97 Å². The second-order valence-corrected chi connectivity index (χ2v) is 3.74. The normalized spacial score (nSPS) is 12.1. The molecule has 2 aromatic heterocycles. The van der Waals surface area contributed by atoms with Gasteiger partial charge in [-0.1, -0.05) is 0 Å². The van der Waals surface area contributed by atoms with Crippen LogP contribution < -0.4 is 0 Å². The summed E-state index contributed by atoms with van der Waals surface area (Å²) in [6.45, 7) is 1.62. The van der Waals surface area contributed by atoms with E-state index in [1.54, 1.807) is 19.1 Å².